The smallest absolute Gasteiger partial charge is 0.229 e. The molecule has 0 unspecified atom stereocenters. The summed E-state index contributed by atoms with van der Waals surface area (Å²) in [7, 11) is 0. The zero-order valence-electron chi connectivity index (χ0n) is 9.54. The van der Waals surface area contributed by atoms with E-state index >= 15 is 0 Å². The summed E-state index contributed by atoms with van der Waals surface area (Å²) in [6.07, 6.45) is 3.37. The highest BCUT2D eigenvalue weighted by Crippen LogP contribution is 2.22. The fraction of sp³-hybridized carbons (Fsp3) is 0. The Morgan fingerprint density at radius 1 is 0.944 bits per heavy atom. The van der Waals surface area contributed by atoms with E-state index in [-0.39, 0.29) is 0 Å². The van der Waals surface area contributed by atoms with E-state index < -0.39 is 0 Å². The van der Waals surface area contributed by atoms with E-state index in [1.807, 2.05) is 30.3 Å². The Kier molecular flexibility index (Phi) is 2.49. The molecule has 5 heteroatoms. The van der Waals surface area contributed by atoms with Crippen LogP contribution in [-0.2, 0) is 0 Å². The third-order valence-electron chi connectivity index (χ3n) is 2.56. The fourth-order valence-corrected chi connectivity index (χ4v) is 1.76. The molecule has 0 saturated heterocycles. The summed E-state index contributed by atoms with van der Waals surface area (Å²) in [5.74, 6) is 0.897. The van der Waals surface area contributed by atoms with Crippen molar-refractivity contribution in [2.24, 2.45) is 0 Å². The van der Waals surface area contributed by atoms with Gasteiger partial charge < -0.3 is 11.1 Å². The van der Waals surface area contributed by atoms with Gasteiger partial charge in [0.05, 0.1) is 11.2 Å². The molecule has 0 aliphatic heterocycles. The number of pyridine rings is 1. The van der Waals surface area contributed by atoms with E-state index in [1.54, 1.807) is 18.5 Å². The Labute approximate surface area is 104 Å². The van der Waals surface area contributed by atoms with Crippen molar-refractivity contribution in [3.8, 4) is 0 Å². The molecule has 0 aliphatic rings. The lowest BCUT2D eigenvalue weighted by Crippen LogP contribution is -2.00. The zero-order valence-corrected chi connectivity index (χ0v) is 9.54. The van der Waals surface area contributed by atoms with Crippen molar-refractivity contribution in [1.29, 1.82) is 0 Å². The van der Waals surface area contributed by atoms with Crippen LogP contribution in [0.1, 0.15) is 0 Å². The lowest BCUT2D eigenvalue weighted by molar-refractivity contribution is 1.17. The average molecular weight is 237 g/mol. The second-order valence-electron chi connectivity index (χ2n) is 3.81. The highest BCUT2D eigenvalue weighted by molar-refractivity contribution is 5.91. The van der Waals surface area contributed by atoms with Gasteiger partial charge in [0, 0.05) is 17.8 Å². The first kappa shape index (κ1) is 10.5. The molecule has 1 aromatic carbocycles. The van der Waals surface area contributed by atoms with Crippen LogP contribution in [0.4, 0.5) is 17.5 Å². The molecule has 0 radical (unpaired) electrons. The maximum atomic E-state index is 5.62. The van der Waals surface area contributed by atoms with Gasteiger partial charge >= 0.3 is 0 Å². The highest BCUT2D eigenvalue weighted by atomic mass is 15.1. The van der Waals surface area contributed by atoms with Gasteiger partial charge in [-0.25, -0.2) is 4.98 Å². The Morgan fingerprint density at radius 3 is 2.72 bits per heavy atom. The summed E-state index contributed by atoms with van der Waals surface area (Å²) in [6, 6.07) is 11.5. The molecule has 2 aromatic heterocycles. The van der Waals surface area contributed by atoms with Crippen molar-refractivity contribution in [2.75, 3.05) is 11.1 Å². The molecule has 3 aromatic rings. The molecule has 0 fully saturated rings. The maximum Gasteiger partial charge on any atom is 0.229 e. The standard InChI is InChI=1S/C13H11N5/c14-11-6-8-16-13(18-11)17-10-5-1-3-9-4-2-7-15-12(9)10/h1-8H,(H3,14,16,17,18). The van der Waals surface area contributed by atoms with Crippen LogP contribution in [0.3, 0.4) is 0 Å². The predicted octanol–water partition coefficient (Wildman–Crippen LogP) is 2.35. The molecule has 3 N–H and O–H groups in total. The van der Waals surface area contributed by atoms with Crippen LogP contribution < -0.4 is 11.1 Å². The number of fused-ring (bicyclic) bond motifs is 1. The van der Waals surface area contributed by atoms with Gasteiger partial charge in [-0.2, -0.15) is 4.98 Å². The molecule has 0 bridgehead atoms. The van der Waals surface area contributed by atoms with Gasteiger partial charge in [-0.1, -0.05) is 18.2 Å². The predicted molar refractivity (Wildman–Crippen MR) is 71.5 cm³/mol. The first-order chi connectivity index (χ1) is 8.83. The molecule has 2 heterocycles. The Morgan fingerprint density at radius 2 is 1.83 bits per heavy atom. The number of nitrogens with zero attached hydrogens (tertiary/aromatic N) is 3. The number of hydrogen-bond acceptors (Lipinski definition) is 5. The van der Waals surface area contributed by atoms with Gasteiger partial charge in [-0.05, 0) is 18.2 Å². The molecule has 5 nitrogen and oxygen atoms in total. The minimum Gasteiger partial charge on any atom is -0.384 e. The number of nitrogens with two attached hydrogens (primary N) is 1. The number of hydrogen-bond donors (Lipinski definition) is 2. The monoisotopic (exact) mass is 237 g/mol. The van der Waals surface area contributed by atoms with E-state index in [4.69, 9.17) is 5.73 Å². The molecule has 18 heavy (non-hydrogen) atoms. The van der Waals surface area contributed by atoms with E-state index in [9.17, 15) is 0 Å². The molecular formula is C13H11N5. The van der Waals surface area contributed by atoms with Gasteiger partial charge in [-0.3, -0.25) is 4.98 Å². The van der Waals surface area contributed by atoms with Crippen molar-refractivity contribution in [2.45, 2.75) is 0 Å². The van der Waals surface area contributed by atoms with Gasteiger partial charge in [0.2, 0.25) is 5.95 Å². The van der Waals surface area contributed by atoms with Crippen LogP contribution >= 0.6 is 0 Å². The molecule has 0 aliphatic carbocycles. The van der Waals surface area contributed by atoms with Gasteiger partial charge in [0.25, 0.3) is 0 Å². The van der Waals surface area contributed by atoms with Crippen LogP contribution in [-0.4, -0.2) is 15.0 Å². The molecular weight excluding hydrogens is 226 g/mol. The van der Waals surface area contributed by atoms with Crippen LogP contribution in [0.2, 0.25) is 0 Å². The summed E-state index contributed by atoms with van der Waals surface area (Å²) >= 11 is 0. The number of nitrogens with one attached hydrogen (secondary N) is 1. The normalized spacial score (nSPS) is 10.4. The van der Waals surface area contributed by atoms with Crippen LogP contribution in [0.25, 0.3) is 10.9 Å². The summed E-state index contributed by atoms with van der Waals surface area (Å²) in [5.41, 5.74) is 7.36. The molecule has 0 saturated carbocycles. The number of rotatable bonds is 2. The fourth-order valence-electron chi connectivity index (χ4n) is 1.76. The molecule has 0 atom stereocenters. The minimum atomic E-state index is 0.431. The Hall–Kier alpha value is -2.69. The second kappa shape index (κ2) is 4.29. The van der Waals surface area contributed by atoms with Gasteiger partial charge in [-0.15, -0.1) is 0 Å². The Balaban J connectivity index is 2.05. The number of para-hydroxylation sites is 1. The van der Waals surface area contributed by atoms with E-state index in [2.05, 4.69) is 20.3 Å². The summed E-state index contributed by atoms with van der Waals surface area (Å²) < 4.78 is 0. The molecule has 3 rings (SSSR count). The Bertz CT molecular complexity index is 690. The first-order valence-corrected chi connectivity index (χ1v) is 5.52. The van der Waals surface area contributed by atoms with Crippen molar-refractivity contribution < 1.29 is 0 Å². The average Bonchev–Trinajstić information content (AvgIpc) is 2.39. The first-order valence-electron chi connectivity index (χ1n) is 5.52. The summed E-state index contributed by atoms with van der Waals surface area (Å²) in [4.78, 5) is 12.6. The van der Waals surface area contributed by atoms with Crippen molar-refractivity contribution in [3.05, 3.63) is 48.8 Å². The van der Waals surface area contributed by atoms with E-state index in [0.717, 1.165) is 16.6 Å². The van der Waals surface area contributed by atoms with E-state index in [0.29, 0.717) is 11.8 Å². The largest absolute Gasteiger partial charge is 0.384 e. The zero-order chi connectivity index (χ0) is 12.4. The number of aromatic nitrogens is 3. The van der Waals surface area contributed by atoms with Gasteiger partial charge in [0.1, 0.15) is 5.82 Å². The quantitative estimate of drug-likeness (QED) is 0.715. The van der Waals surface area contributed by atoms with Crippen LogP contribution in [0, 0.1) is 0 Å². The lowest BCUT2D eigenvalue weighted by atomic mass is 10.2. The maximum absolute atomic E-state index is 5.62. The topological polar surface area (TPSA) is 76.7 Å². The SMILES string of the molecule is Nc1ccnc(Nc2cccc3cccnc23)n1. The van der Waals surface area contributed by atoms with Gasteiger partial charge in [0.15, 0.2) is 0 Å². The molecule has 0 amide bonds. The van der Waals surface area contributed by atoms with Crippen molar-refractivity contribution >= 4 is 28.4 Å². The number of benzene rings is 1. The summed E-state index contributed by atoms with van der Waals surface area (Å²) in [6.45, 7) is 0. The van der Waals surface area contributed by atoms with Crippen molar-refractivity contribution in [1.82, 2.24) is 15.0 Å². The number of nitrogen functional groups attached to an aromatic ring is 1. The third-order valence-corrected chi connectivity index (χ3v) is 2.56. The lowest BCUT2D eigenvalue weighted by Gasteiger charge is -2.07. The number of anilines is 3. The second-order valence-corrected chi connectivity index (χ2v) is 3.81. The minimum absolute atomic E-state index is 0.431. The van der Waals surface area contributed by atoms with Crippen LogP contribution in [0.5, 0.6) is 0 Å². The molecule has 88 valence electrons. The van der Waals surface area contributed by atoms with Crippen molar-refractivity contribution in [3.63, 3.8) is 0 Å². The van der Waals surface area contributed by atoms with E-state index in [1.165, 1.54) is 0 Å². The third kappa shape index (κ3) is 1.93. The highest BCUT2D eigenvalue weighted by Gasteiger charge is 2.03. The summed E-state index contributed by atoms with van der Waals surface area (Å²) in [5, 5.41) is 4.18. The van der Waals surface area contributed by atoms with Crippen LogP contribution in [0.15, 0.2) is 48.8 Å². The molecule has 0 spiro atoms.